The van der Waals surface area contributed by atoms with Crippen LogP contribution in [0.5, 0.6) is 0 Å². The van der Waals surface area contributed by atoms with E-state index in [9.17, 15) is 0 Å². The lowest BCUT2D eigenvalue weighted by atomic mass is 10.2. The van der Waals surface area contributed by atoms with Crippen molar-refractivity contribution in [1.82, 2.24) is 0 Å². The second-order valence-corrected chi connectivity index (χ2v) is 1.94. The summed E-state index contributed by atoms with van der Waals surface area (Å²) >= 11 is 0. The molecule has 0 unspecified atom stereocenters. The normalized spacial score (nSPS) is 7.73. The lowest BCUT2D eigenvalue weighted by molar-refractivity contribution is -0.122. The summed E-state index contributed by atoms with van der Waals surface area (Å²) in [4.78, 5) is 8.36. The molecular formula is C9H12O2. The van der Waals surface area contributed by atoms with Crippen molar-refractivity contribution in [3.05, 3.63) is 35.9 Å². The molecule has 0 heterocycles. The highest BCUT2D eigenvalue weighted by Gasteiger charge is 1.79. The topological polar surface area (TPSA) is 37.3 Å². The third-order valence-corrected chi connectivity index (χ3v) is 1.25. The molecule has 1 rings (SSSR count). The van der Waals surface area contributed by atoms with Crippen LogP contribution in [0.2, 0.25) is 0 Å². The van der Waals surface area contributed by atoms with Crippen molar-refractivity contribution in [3.8, 4) is 0 Å². The molecule has 0 fully saturated rings. The van der Waals surface area contributed by atoms with Gasteiger partial charge in [-0.2, -0.15) is 0 Å². The highest BCUT2D eigenvalue weighted by atomic mass is 16.3. The van der Waals surface area contributed by atoms with E-state index in [1.54, 1.807) is 0 Å². The quantitative estimate of drug-likeness (QED) is 0.624. The molecule has 0 saturated heterocycles. The van der Waals surface area contributed by atoms with Crippen LogP contribution in [0, 0.1) is 0 Å². The third kappa shape index (κ3) is 5.15. The predicted octanol–water partition coefficient (Wildman–Crippen LogP) is 1.95. The molecule has 0 aromatic heterocycles. The Hall–Kier alpha value is -1.31. The summed E-state index contributed by atoms with van der Waals surface area (Å²) in [5.41, 5.74) is 1.41. The number of carboxylic acid groups (broad SMARTS) is 1. The maximum atomic E-state index is 8.36. The number of rotatable bonds is 1. The van der Waals surface area contributed by atoms with Gasteiger partial charge in [0.25, 0.3) is 6.47 Å². The van der Waals surface area contributed by atoms with Crippen molar-refractivity contribution in [2.45, 2.75) is 13.3 Å². The number of benzene rings is 1. The fourth-order valence-electron chi connectivity index (χ4n) is 0.714. The Morgan fingerprint density at radius 1 is 1.36 bits per heavy atom. The van der Waals surface area contributed by atoms with E-state index in [-0.39, 0.29) is 6.47 Å². The molecule has 0 aliphatic rings. The maximum Gasteiger partial charge on any atom is 0.290 e. The summed E-state index contributed by atoms with van der Waals surface area (Å²) in [6.45, 7) is 1.91. The summed E-state index contributed by atoms with van der Waals surface area (Å²) < 4.78 is 0. The Morgan fingerprint density at radius 3 is 2.09 bits per heavy atom. The van der Waals surface area contributed by atoms with Crippen molar-refractivity contribution >= 4 is 6.47 Å². The van der Waals surface area contributed by atoms with Gasteiger partial charge in [-0.15, -0.1) is 0 Å². The minimum Gasteiger partial charge on any atom is -0.483 e. The van der Waals surface area contributed by atoms with E-state index < -0.39 is 0 Å². The Bertz CT molecular complexity index is 182. The largest absolute Gasteiger partial charge is 0.483 e. The van der Waals surface area contributed by atoms with Gasteiger partial charge in [-0.25, -0.2) is 0 Å². The molecule has 11 heavy (non-hydrogen) atoms. The van der Waals surface area contributed by atoms with Gasteiger partial charge in [0.15, 0.2) is 0 Å². The van der Waals surface area contributed by atoms with Gasteiger partial charge in [-0.1, -0.05) is 37.3 Å². The first kappa shape index (κ1) is 9.69. The Labute approximate surface area is 66.5 Å². The zero-order valence-corrected chi connectivity index (χ0v) is 6.53. The second kappa shape index (κ2) is 6.81. The van der Waals surface area contributed by atoms with Crippen molar-refractivity contribution < 1.29 is 9.90 Å². The molecule has 0 amide bonds. The van der Waals surface area contributed by atoms with Gasteiger partial charge >= 0.3 is 0 Å². The zero-order valence-electron chi connectivity index (χ0n) is 6.53. The zero-order chi connectivity index (χ0) is 8.53. The van der Waals surface area contributed by atoms with Crippen molar-refractivity contribution in [1.29, 1.82) is 0 Å². The molecule has 0 saturated carbocycles. The SMILES string of the molecule is CCc1ccccc1.O=CO. The van der Waals surface area contributed by atoms with Crippen LogP contribution < -0.4 is 0 Å². The van der Waals surface area contributed by atoms with E-state index in [4.69, 9.17) is 9.90 Å². The molecule has 1 N–H and O–H groups in total. The monoisotopic (exact) mass is 152 g/mol. The fraction of sp³-hybridized carbons (Fsp3) is 0.222. The van der Waals surface area contributed by atoms with Gasteiger partial charge in [0.1, 0.15) is 0 Å². The molecule has 0 radical (unpaired) electrons. The molecule has 0 spiro atoms. The van der Waals surface area contributed by atoms with Crippen LogP contribution in [-0.4, -0.2) is 11.6 Å². The molecular weight excluding hydrogens is 140 g/mol. The molecule has 2 nitrogen and oxygen atoms in total. The summed E-state index contributed by atoms with van der Waals surface area (Å²) in [6, 6.07) is 10.5. The third-order valence-electron chi connectivity index (χ3n) is 1.25. The second-order valence-electron chi connectivity index (χ2n) is 1.94. The summed E-state index contributed by atoms with van der Waals surface area (Å²) in [5.74, 6) is 0. The van der Waals surface area contributed by atoms with Gasteiger partial charge in [-0.3, -0.25) is 4.79 Å². The van der Waals surface area contributed by atoms with Crippen molar-refractivity contribution in [3.63, 3.8) is 0 Å². The van der Waals surface area contributed by atoms with Crippen LogP contribution in [0.3, 0.4) is 0 Å². The van der Waals surface area contributed by atoms with E-state index in [2.05, 4.69) is 31.2 Å². The highest BCUT2D eigenvalue weighted by molar-refractivity contribution is 5.32. The van der Waals surface area contributed by atoms with Crippen LogP contribution in [0.1, 0.15) is 12.5 Å². The molecule has 0 aliphatic carbocycles. The van der Waals surface area contributed by atoms with Crippen molar-refractivity contribution in [2.75, 3.05) is 0 Å². The molecule has 1 aromatic rings. The Balaban J connectivity index is 0.000000292. The fourth-order valence-corrected chi connectivity index (χ4v) is 0.714. The molecule has 0 bridgehead atoms. The maximum absolute atomic E-state index is 8.36. The summed E-state index contributed by atoms with van der Waals surface area (Å²) in [6.07, 6.45) is 1.14. The minimum absolute atomic E-state index is 0.250. The first-order valence-electron chi connectivity index (χ1n) is 3.47. The van der Waals surface area contributed by atoms with Gasteiger partial charge in [0, 0.05) is 0 Å². The lowest BCUT2D eigenvalue weighted by Crippen LogP contribution is -1.73. The number of aryl methyl sites for hydroxylation is 1. The lowest BCUT2D eigenvalue weighted by Gasteiger charge is -1.89. The van der Waals surface area contributed by atoms with E-state index in [0.717, 1.165) is 6.42 Å². The summed E-state index contributed by atoms with van der Waals surface area (Å²) in [7, 11) is 0. The van der Waals surface area contributed by atoms with E-state index >= 15 is 0 Å². The predicted molar refractivity (Wildman–Crippen MR) is 44.5 cm³/mol. The minimum atomic E-state index is -0.250. The first-order valence-corrected chi connectivity index (χ1v) is 3.47. The smallest absolute Gasteiger partial charge is 0.290 e. The highest BCUT2D eigenvalue weighted by Crippen LogP contribution is 1.96. The Kier molecular flexibility index (Phi) is 5.99. The molecule has 0 atom stereocenters. The van der Waals surface area contributed by atoms with Crippen LogP contribution in [0.25, 0.3) is 0 Å². The standard InChI is InChI=1S/C8H10.CH2O2/c1-2-8-6-4-3-5-7-8;2-1-3/h3-7H,2H2,1H3;1H,(H,2,3). The number of hydrogen-bond donors (Lipinski definition) is 1. The van der Waals surface area contributed by atoms with E-state index in [1.807, 2.05) is 6.07 Å². The molecule has 1 aromatic carbocycles. The van der Waals surface area contributed by atoms with E-state index in [1.165, 1.54) is 5.56 Å². The van der Waals surface area contributed by atoms with Gasteiger partial charge in [-0.05, 0) is 12.0 Å². The molecule has 0 aliphatic heterocycles. The first-order chi connectivity index (χ1) is 5.35. The Morgan fingerprint density at radius 2 is 1.82 bits per heavy atom. The van der Waals surface area contributed by atoms with Crippen LogP contribution in [-0.2, 0) is 11.2 Å². The van der Waals surface area contributed by atoms with Crippen molar-refractivity contribution in [2.24, 2.45) is 0 Å². The molecule has 60 valence electrons. The van der Waals surface area contributed by atoms with E-state index in [0.29, 0.717) is 0 Å². The van der Waals surface area contributed by atoms with Crippen LogP contribution in [0.4, 0.5) is 0 Å². The van der Waals surface area contributed by atoms with Gasteiger partial charge in [0.2, 0.25) is 0 Å². The molecule has 2 heteroatoms. The number of carbonyl (C=O) groups is 1. The number of hydrogen-bond acceptors (Lipinski definition) is 1. The van der Waals surface area contributed by atoms with Gasteiger partial charge in [0.05, 0.1) is 0 Å². The van der Waals surface area contributed by atoms with Crippen LogP contribution in [0.15, 0.2) is 30.3 Å². The van der Waals surface area contributed by atoms with Gasteiger partial charge < -0.3 is 5.11 Å². The van der Waals surface area contributed by atoms with Crippen LogP contribution >= 0.6 is 0 Å². The average Bonchev–Trinajstić information content (AvgIpc) is 2.08. The summed E-state index contributed by atoms with van der Waals surface area (Å²) in [5, 5.41) is 6.89. The average molecular weight is 152 g/mol.